The minimum atomic E-state index is -1.79. The predicted octanol–water partition coefficient (Wildman–Crippen LogP) is 13.4. The fourth-order valence-corrected chi connectivity index (χ4v) is 13.3. The molecule has 3 aromatic heterocycles. The number of amides is 2. The zero-order valence-corrected chi connectivity index (χ0v) is 60.1. The Morgan fingerprint density at radius 1 is 0.505 bits per heavy atom. The van der Waals surface area contributed by atoms with E-state index in [1.165, 1.54) is 7.11 Å². The summed E-state index contributed by atoms with van der Waals surface area (Å²) < 4.78 is 143. The topological polar surface area (TPSA) is 309 Å². The molecular formula is C62H41BBr2Cl5F8N9O11S3. The molecule has 3 atom stereocenters. The van der Waals surface area contributed by atoms with Gasteiger partial charge in [-0.15, -0.1) is 0 Å². The van der Waals surface area contributed by atoms with Gasteiger partial charge in [0, 0.05) is 54.8 Å². The van der Waals surface area contributed by atoms with Crippen LogP contribution in [0.3, 0.4) is 0 Å². The maximum atomic E-state index is 13.9. The first-order valence-electron chi connectivity index (χ1n) is 27.8. The molecule has 0 spiro atoms. The van der Waals surface area contributed by atoms with Gasteiger partial charge in [-0.25, -0.2) is 44.7 Å². The lowest BCUT2D eigenvalue weighted by atomic mass is 9.80. The Bertz CT molecular complexity index is 4840. The summed E-state index contributed by atoms with van der Waals surface area (Å²) >= 11 is 38.0. The molecule has 101 heavy (non-hydrogen) atoms. The van der Waals surface area contributed by atoms with Gasteiger partial charge >= 0.3 is 25.0 Å². The summed E-state index contributed by atoms with van der Waals surface area (Å²) in [5.74, 6) is -12.3. The molecule has 0 saturated heterocycles. The molecule has 0 aliphatic carbocycles. The molecule has 0 saturated carbocycles. The number of halogens is 15. The highest BCUT2D eigenvalue weighted by Crippen LogP contribution is 2.40. The molecule has 0 unspecified atom stereocenters. The van der Waals surface area contributed by atoms with Crippen molar-refractivity contribution in [2.75, 3.05) is 14.2 Å². The van der Waals surface area contributed by atoms with Crippen LogP contribution in [0.25, 0.3) is 44.2 Å². The highest BCUT2D eigenvalue weighted by molar-refractivity contribution is 9.11. The van der Waals surface area contributed by atoms with Crippen molar-refractivity contribution in [1.29, 1.82) is 0 Å². The van der Waals surface area contributed by atoms with Crippen LogP contribution in [0, 0.1) is 46.5 Å². The van der Waals surface area contributed by atoms with Gasteiger partial charge < -0.3 is 41.0 Å². The van der Waals surface area contributed by atoms with E-state index < -0.39 is 123 Å². The number of nitrogens with zero attached hydrogens (tertiary/aromatic N) is 6. The number of hydrogen-bond acceptors (Lipinski definition) is 20. The van der Waals surface area contributed by atoms with Gasteiger partial charge in [-0.2, -0.15) is 26.2 Å². The first-order valence-corrected chi connectivity index (χ1v) is 33.5. The van der Waals surface area contributed by atoms with E-state index in [1.807, 2.05) is 12.1 Å². The average Bonchev–Trinajstić information content (AvgIpc) is 1.75. The van der Waals surface area contributed by atoms with Crippen LogP contribution < -0.4 is 21.8 Å². The molecule has 0 aliphatic heterocycles. The van der Waals surface area contributed by atoms with Gasteiger partial charge in [-0.05, 0) is 133 Å². The summed E-state index contributed by atoms with van der Waals surface area (Å²) in [6, 6.07) is 20.1. The molecule has 7 N–H and O–H groups in total. The van der Waals surface area contributed by atoms with Gasteiger partial charge in [0.1, 0.15) is 114 Å². The number of ether oxygens (including phenoxy) is 2. The number of rotatable bonds is 16. The molecular weight excluding hydrogens is 1640 g/mol. The van der Waals surface area contributed by atoms with Crippen LogP contribution in [-0.2, 0) is 43.1 Å². The first-order chi connectivity index (χ1) is 47.9. The number of methoxy groups -OCH3 is 2. The third kappa shape index (κ3) is 20.4. The number of benzene rings is 8. The summed E-state index contributed by atoms with van der Waals surface area (Å²) in [5, 5.41) is 30.4. The molecule has 11 rings (SSSR count). The monoisotopic (exact) mass is 1680 g/mol. The predicted molar refractivity (Wildman–Crippen MR) is 372 cm³/mol. The molecule has 39 heteroatoms. The van der Waals surface area contributed by atoms with Crippen LogP contribution in [-0.4, -0.2) is 116 Å². The lowest BCUT2D eigenvalue weighted by Gasteiger charge is -2.17. The fraction of sp³-hybridized carbons (Fsp3) is 0.129. The zero-order valence-electron chi connectivity index (χ0n) is 50.7. The van der Waals surface area contributed by atoms with Crippen molar-refractivity contribution in [3.05, 3.63) is 224 Å². The Kier molecular flexibility index (Phi) is 29.2. The van der Waals surface area contributed by atoms with E-state index in [-0.39, 0.29) is 38.4 Å². The summed E-state index contributed by atoms with van der Waals surface area (Å²) in [4.78, 5) is 70.3. The van der Waals surface area contributed by atoms with Crippen molar-refractivity contribution >= 4 is 206 Å². The average molecular weight is 1680 g/mol. The Morgan fingerprint density at radius 2 is 0.851 bits per heavy atom. The van der Waals surface area contributed by atoms with E-state index in [0.29, 0.717) is 50.7 Å². The maximum absolute atomic E-state index is 13.9. The van der Waals surface area contributed by atoms with E-state index >= 15 is 0 Å². The Morgan fingerprint density at radius 3 is 1.24 bits per heavy atom. The molecule has 20 nitrogen and oxygen atoms in total. The van der Waals surface area contributed by atoms with Gasteiger partial charge in [-0.3, -0.25) is 19.2 Å². The summed E-state index contributed by atoms with van der Waals surface area (Å²) in [6.07, 6.45) is 0.149. The highest BCUT2D eigenvalue weighted by atomic mass is 79.9. The molecule has 11 aromatic rings. The lowest BCUT2D eigenvalue weighted by Crippen LogP contribution is -2.43. The minimum absolute atomic E-state index is 0.0175. The molecule has 2 amide bonds. The summed E-state index contributed by atoms with van der Waals surface area (Å²) in [5.41, 5.74) is 9.41. The molecule has 0 bridgehead atoms. The van der Waals surface area contributed by atoms with E-state index in [0.717, 1.165) is 147 Å². The lowest BCUT2D eigenvalue weighted by molar-refractivity contribution is -0.143. The van der Waals surface area contributed by atoms with Crippen molar-refractivity contribution in [2.24, 2.45) is 5.73 Å². The number of hydrogen-bond donors (Lipinski definition) is 6. The number of fused-ring (bicyclic) bond motifs is 3. The van der Waals surface area contributed by atoms with Crippen LogP contribution in [0.15, 0.2) is 124 Å². The molecule has 0 radical (unpaired) electrons. The second-order valence-corrected chi connectivity index (χ2v) is 25.5. The number of carbonyl (C=O) groups excluding carboxylic acids is 5. The van der Waals surface area contributed by atoms with Gasteiger partial charge in [-0.1, -0.05) is 88.9 Å². The summed E-state index contributed by atoms with van der Waals surface area (Å²) in [6.45, 7) is 0. The number of esters is 2. The second-order valence-electron chi connectivity index (χ2n) is 20.2. The molecule has 3 heterocycles. The van der Waals surface area contributed by atoms with E-state index in [2.05, 4.69) is 73.5 Å². The Hall–Kier alpha value is -7.97. The van der Waals surface area contributed by atoms with Gasteiger partial charge in [0.05, 0.1) is 59.4 Å². The SMILES string of the molecule is COC(=O)[C@@H](N)Cc1ccc(Br)c2nsnc12.COC(=O)[C@H](Cc1ccc(Br)c2nsnc12)NC(=O)c1c(F)cccc1F.O=C(Cl)c1c(F)cccc1F.O=C(N[C@@H](Cc1ccc(-c2c(Cl)cc(F)cc2Cl)c2nsnc12)C(=O)O)c1c(F)cccc1F.OB(O)c1c(Cl)cc(F)cc1Cl. The Balaban J connectivity index is 0.000000189. The van der Waals surface area contributed by atoms with Crippen molar-refractivity contribution in [1.82, 2.24) is 36.9 Å². The number of aromatic nitrogens is 6. The standard InChI is InChI=1S/C22H12Cl2F3N3O3S.C17H12BrF2N3O3S.C10H10BrN3O2S.C7H3ClF2O.C6H4BCl2FO2/c23-12-7-10(25)8-13(24)17(12)11-5-4-9(19-20(11)30-34-29-19)6-16(22(32)33)28-21(31)18-14(26)2-1-3-15(18)27;1-26-17(25)12(21-16(24)13-10(19)3-2-4-11(13)20)7-8-5-6-9(18)15-14(8)22-27-23-15;1-16-10(15)7(12)4-5-2-3-6(11)9-8(5)13-17-14-9;8-7(11)6-4(9)2-1-3-5(6)10;8-4-1-3(10)2-5(9)6(4)7(11)12/h1-5,7-8,16H,6H2,(H,28,31)(H,32,33);2-6,12H,7H2,1H3,(H,21,24);2-3,7H,4,12H2,1H3;1-3H;1-2,11-12H/t16-;12-;7-;;/m000../s1. The third-order valence-corrected chi connectivity index (χ3v) is 18.0. The number of carbonyl (C=O) groups is 6. The van der Waals surface area contributed by atoms with Gasteiger partial charge in [0.15, 0.2) is 0 Å². The van der Waals surface area contributed by atoms with Crippen LogP contribution in [0.2, 0.25) is 20.1 Å². The molecule has 0 aliphatic rings. The molecule has 526 valence electrons. The number of aliphatic carboxylic acids is 1. The van der Waals surface area contributed by atoms with E-state index in [1.54, 1.807) is 24.3 Å². The number of nitrogens with two attached hydrogens (primary N) is 1. The van der Waals surface area contributed by atoms with E-state index in [9.17, 15) is 69.0 Å². The Labute approximate surface area is 619 Å². The normalized spacial score (nSPS) is 11.6. The van der Waals surface area contributed by atoms with Crippen molar-refractivity contribution < 1.29 is 88.5 Å². The third-order valence-electron chi connectivity index (χ3n) is 13.7. The van der Waals surface area contributed by atoms with Crippen LogP contribution >= 0.6 is 125 Å². The van der Waals surface area contributed by atoms with Crippen LogP contribution in [0.4, 0.5) is 35.1 Å². The van der Waals surface area contributed by atoms with Crippen LogP contribution in [0.1, 0.15) is 47.8 Å². The zero-order chi connectivity index (χ0) is 74.3. The van der Waals surface area contributed by atoms with Crippen LogP contribution in [0.5, 0.6) is 0 Å². The van der Waals surface area contributed by atoms with Gasteiger partial charge in [0.25, 0.3) is 17.1 Å². The maximum Gasteiger partial charge on any atom is 0.491 e. The van der Waals surface area contributed by atoms with Crippen molar-refractivity contribution in [2.45, 2.75) is 37.4 Å². The first kappa shape index (κ1) is 80.3. The van der Waals surface area contributed by atoms with Crippen molar-refractivity contribution in [3.63, 3.8) is 0 Å². The largest absolute Gasteiger partial charge is 0.491 e. The van der Waals surface area contributed by atoms with E-state index in [4.69, 9.17) is 78.5 Å². The summed E-state index contributed by atoms with van der Waals surface area (Å²) in [7, 11) is 0.696. The highest BCUT2D eigenvalue weighted by Gasteiger charge is 2.30. The molecule has 8 aromatic carbocycles. The quantitative estimate of drug-likeness (QED) is 0.0227. The number of carboxylic acids is 1. The second kappa shape index (κ2) is 36.8. The number of carboxylic acid groups (broad SMARTS) is 1. The smallest absolute Gasteiger partial charge is 0.480 e. The van der Waals surface area contributed by atoms with Gasteiger partial charge in [0.2, 0.25) is 0 Å². The molecule has 0 fully saturated rings. The number of nitrogens with one attached hydrogen (secondary N) is 2. The fourth-order valence-electron chi connectivity index (χ4n) is 9.01. The van der Waals surface area contributed by atoms with Crippen molar-refractivity contribution in [3.8, 4) is 11.1 Å². The minimum Gasteiger partial charge on any atom is -0.480 e.